The predicted molar refractivity (Wildman–Crippen MR) is 88.3 cm³/mol. The third-order valence-electron chi connectivity index (χ3n) is 2.96. The summed E-state index contributed by atoms with van der Waals surface area (Å²) in [6, 6.07) is 10.1. The number of aromatic nitrogens is 2. The van der Waals surface area contributed by atoms with E-state index in [1.54, 1.807) is 10.6 Å². The highest BCUT2D eigenvalue weighted by molar-refractivity contribution is 14.1. The molecule has 0 atom stereocenters. The molecule has 0 fully saturated rings. The summed E-state index contributed by atoms with van der Waals surface area (Å²) in [5.74, 6) is 0.537. The van der Waals surface area contributed by atoms with Crippen LogP contribution in [-0.2, 0) is 5.88 Å². The highest BCUT2D eigenvalue weighted by Crippen LogP contribution is 2.29. The van der Waals surface area contributed by atoms with Crippen LogP contribution in [0.2, 0.25) is 5.02 Å². The predicted octanol–water partition coefficient (Wildman–Crippen LogP) is 5.16. The summed E-state index contributed by atoms with van der Waals surface area (Å²) >= 11 is 14.4. The normalized spacial score (nSPS) is 11.2. The molecule has 0 saturated carbocycles. The largest absolute Gasteiger partial charge is 0.294 e. The quantitative estimate of drug-likeness (QED) is 0.413. The molecule has 6 heteroatoms. The van der Waals surface area contributed by atoms with Crippen LogP contribution in [0.25, 0.3) is 16.7 Å². The zero-order valence-corrected chi connectivity index (χ0v) is 13.7. The second-order valence-electron chi connectivity index (χ2n) is 4.23. The maximum atomic E-state index is 13.5. The number of benzene rings is 2. The number of hydrogen-bond acceptors (Lipinski definition) is 1. The average Bonchev–Trinajstić information content (AvgIpc) is 2.76. The van der Waals surface area contributed by atoms with Crippen LogP contribution in [0.5, 0.6) is 0 Å². The van der Waals surface area contributed by atoms with Gasteiger partial charge >= 0.3 is 0 Å². The molecule has 1 heterocycles. The van der Waals surface area contributed by atoms with Gasteiger partial charge in [0.25, 0.3) is 0 Å². The molecule has 3 rings (SSSR count). The second-order valence-corrected chi connectivity index (χ2v) is 6.15. The molecule has 0 unspecified atom stereocenters. The lowest BCUT2D eigenvalue weighted by atomic mass is 10.2. The molecule has 0 aliphatic carbocycles. The zero-order valence-electron chi connectivity index (χ0n) is 10.1. The van der Waals surface area contributed by atoms with Crippen molar-refractivity contribution in [1.82, 2.24) is 9.55 Å². The van der Waals surface area contributed by atoms with E-state index in [1.807, 2.05) is 18.2 Å². The van der Waals surface area contributed by atoms with Gasteiger partial charge in [0.05, 0.1) is 27.6 Å². The van der Waals surface area contributed by atoms with Crippen LogP contribution in [0.1, 0.15) is 5.82 Å². The van der Waals surface area contributed by atoms with E-state index in [2.05, 4.69) is 27.6 Å². The van der Waals surface area contributed by atoms with E-state index in [1.165, 1.54) is 12.1 Å². The van der Waals surface area contributed by atoms with E-state index >= 15 is 0 Å². The Morgan fingerprint density at radius 1 is 1.20 bits per heavy atom. The van der Waals surface area contributed by atoms with Crippen LogP contribution in [0.15, 0.2) is 36.4 Å². The Morgan fingerprint density at radius 3 is 2.70 bits per heavy atom. The Labute approximate surface area is 138 Å². The summed E-state index contributed by atoms with van der Waals surface area (Å²) < 4.78 is 16.3. The van der Waals surface area contributed by atoms with Crippen LogP contribution < -0.4 is 0 Å². The van der Waals surface area contributed by atoms with Gasteiger partial charge in [0.1, 0.15) is 11.6 Å². The molecule has 2 nitrogen and oxygen atoms in total. The molecule has 102 valence electrons. The van der Waals surface area contributed by atoms with Crippen molar-refractivity contribution in [2.75, 3.05) is 0 Å². The minimum atomic E-state index is -0.318. The third-order valence-corrected chi connectivity index (χ3v) is 4.17. The molecule has 0 saturated heterocycles. The summed E-state index contributed by atoms with van der Waals surface area (Å²) in [4.78, 5) is 4.42. The van der Waals surface area contributed by atoms with Gasteiger partial charge in [-0.15, -0.1) is 11.6 Å². The van der Waals surface area contributed by atoms with Crippen LogP contribution >= 0.6 is 45.8 Å². The van der Waals surface area contributed by atoms with Gasteiger partial charge in [-0.1, -0.05) is 11.6 Å². The number of fused-ring (bicyclic) bond motifs is 1. The molecule has 2 aromatic carbocycles. The van der Waals surface area contributed by atoms with Crippen LogP contribution in [0, 0.1) is 9.39 Å². The summed E-state index contributed by atoms with van der Waals surface area (Å²) in [7, 11) is 0. The van der Waals surface area contributed by atoms with Gasteiger partial charge in [0, 0.05) is 9.64 Å². The highest BCUT2D eigenvalue weighted by Gasteiger charge is 2.14. The number of nitrogens with zero attached hydrogens (tertiary/aromatic N) is 2. The molecule has 0 spiro atoms. The van der Waals surface area contributed by atoms with Crippen molar-refractivity contribution in [3.63, 3.8) is 0 Å². The molecule has 0 aliphatic rings. The first kappa shape index (κ1) is 14.1. The fourth-order valence-electron chi connectivity index (χ4n) is 2.12. The van der Waals surface area contributed by atoms with E-state index < -0.39 is 0 Å². The molecule has 0 amide bonds. The van der Waals surface area contributed by atoms with Gasteiger partial charge in [-0.3, -0.25) is 4.57 Å². The third kappa shape index (κ3) is 2.40. The highest BCUT2D eigenvalue weighted by atomic mass is 127. The molecular weight excluding hydrogens is 413 g/mol. The molecular formula is C14H8Cl2FIN2. The number of alkyl halides is 1. The van der Waals surface area contributed by atoms with E-state index in [-0.39, 0.29) is 11.7 Å². The van der Waals surface area contributed by atoms with Crippen LogP contribution in [0.4, 0.5) is 4.39 Å². The molecule has 20 heavy (non-hydrogen) atoms. The van der Waals surface area contributed by atoms with E-state index in [0.717, 1.165) is 9.26 Å². The minimum absolute atomic E-state index is 0.221. The van der Waals surface area contributed by atoms with E-state index in [0.29, 0.717) is 21.9 Å². The van der Waals surface area contributed by atoms with Gasteiger partial charge in [-0.2, -0.15) is 0 Å². The SMILES string of the molecule is Fc1ccc2nc(CCl)n(-c3ccc(I)cc3Cl)c2c1. The first-order valence-electron chi connectivity index (χ1n) is 5.78. The fraction of sp³-hybridized carbons (Fsp3) is 0.0714. The van der Waals surface area contributed by atoms with Crippen molar-refractivity contribution in [2.45, 2.75) is 5.88 Å². The first-order valence-corrected chi connectivity index (χ1v) is 7.77. The Balaban J connectivity index is 2.36. The molecule has 3 aromatic rings. The number of imidazole rings is 1. The van der Waals surface area contributed by atoms with Gasteiger partial charge in [-0.25, -0.2) is 9.37 Å². The lowest BCUT2D eigenvalue weighted by Gasteiger charge is -2.10. The van der Waals surface area contributed by atoms with Crippen molar-refractivity contribution >= 4 is 56.8 Å². The summed E-state index contributed by atoms with van der Waals surface area (Å²) in [5.41, 5.74) is 2.09. The molecule has 0 aliphatic heterocycles. The monoisotopic (exact) mass is 420 g/mol. The maximum Gasteiger partial charge on any atom is 0.129 e. The Morgan fingerprint density at radius 2 is 2.00 bits per heavy atom. The van der Waals surface area contributed by atoms with Crippen molar-refractivity contribution in [3.8, 4) is 5.69 Å². The molecule has 0 radical (unpaired) electrons. The average molecular weight is 421 g/mol. The standard InChI is InChI=1S/C14H8Cl2FIN2/c15-7-14-19-11-3-1-8(17)5-13(11)20(14)12-4-2-9(18)6-10(12)16/h1-6H,7H2. The Kier molecular flexibility index (Phi) is 3.88. The van der Waals surface area contributed by atoms with Crippen molar-refractivity contribution in [2.24, 2.45) is 0 Å². The smallest absolute Gasteiger partial charge is 0.129 e. The molecule has 0 N–H and O–H groups in total. The van der Waals surface area contributed by atoms with Crippen molar-refractivity contribution in [3.05, 3.63) is 56.6 Å². The number of rotatable bonds is 2. The number of halogens is 4. The lowest BCUT2D eigenvalue weighted by Crippen LogP contribution is -2.00. The summed E-state index contributed by atoms with van der Waals surface area (Å²) in [6.45, 7) is 0. The van der Waals surface area contributed by atoms with E-state index in [9.17, 15) is 4.39 Å². The Hall–Kier alpha value is -0.850. The van der Waals surface area contributed by atoms with Crippen molar-refractivity contribution < 1.29 is 4.39 Å². The second kappa shape index (κ2) is 5.50. The van der Waals surface area contributed by atoms with Crippen LogP contribution in [-0.4, -0.2) is 9.55 Å². The molecule has 1 aromatic heterocycles. The summed E-state index contributed by atoms with van der Waals surface area (Å²) in [6.07, 6.45) is 0. The Bertz CT molecular complexity index is 801. The maximum absolute atomic E-state index is 13.5. The topological polar surface area (TPSA) is 17.8 Å². The van der Waals surface area contributed by atoms with Crippen LogP contribution in [0.3, 0.4) is 0 Å². The summed E-state index contributed by atoms with van der Waals surface area (Å²) in [5, 5.41) is 0.576. The van der Waals surface area contributed by atoms with Gasteiger partial charge in [0.2, 0.25) is 0 Å². The van der Waals surface area contributed by atoms with E-state index in [4.69, 9.17) is 23.2 Å². The number of hydrogen-bond donors (Lipinski definition) is 0. The minimum Gasteiger partial charge on any atom is -0.294 e. The zero-order chi connectivity index (χ0) is 14.3. The van der Waals surface area contributed by atoms with Gasteiger partial charge < -0.3 is 0 Å². The molecule has 0 bridgehead atoms. The first-order chi connectivity index (χ1) is 9.60. The van der Waals surface area contributed by atoms with Crippen molar-refractivity contribution in [1.29, 1.82) is 0 Å². The fourth-order valence-corrected chi connectivity index (χ4v) is 3.24. The van der Waals surface area contributed by atoms with Gasteiger partial charge in [0.15, 0.2) is 0 Å². The van der Waals surface area contributed by atoms with Gasteiger partial charge in [-0.05, 0) is 52.9 Å². The lowest BCUT2D eigenvalue weighted by molar-refractivity contribution is 0.629.